The van der Waals surface area contributed by atoms with E-state index in [-0.39, 0.29) is 0 Å². The van der Waals surface area contributed by atoms with Crippen LogP contribution < -0.4 is 0 Å². The van der Waals surface area contributed by atoms with Crippen LogP contribution in [0, 0.1) is 0 Å². The molecule has 0 saturated heterocycles. The van der Waals surface area contributed by atoms with E-state index in [4.69, 9.17) is 14.4 Å². The molecule has 3 aliphatic carbocycles. The van der Waals surface area contributed by atoms with Gasteiger partial charge in [-0.25, -0.2) is 9.98 Å². The van der Waals surface area contributed by atoms with Crippen molar-refractivity contribution >= 4 is 78.5 Å². The summed E-state index contributed by atoms with van der Waals surface area (Å²) in [6.07, 6.45) is 35.4. The van der Waals surface area contributed by atoms with Crippen LogP contribution in [0.5, 0.6) is 0 Å². The van der Waals surface area contributed by atoms with Gasteiger partial charge in [-0.15, -0.1) is 10.0 Å². The third-order valence-electron chi connectivity index (χ3n) is 13.2. The topological polar surface area (TPSA) is 60.1 Å². The largest absolute Gasteiger partial charge is 0.455 e. The molecule has 342 valence electrons. The molecule has 3 heterocycles. The highest BCUT2D eigenvalue weighted by atomic mass is 32.3. The van der Waals surface area contributed by atoms with Gasteiger partial charge in [0.25, 0.3) is 0 Å². The molecule has 0 fully saturated rings. The minimum Gasteiger partial charge on any atom is -0.455 e. The summed E-state index contributed by atoms with van der Waals surface area (Å²) in [5, 5.41) is 3.29. The number of benzene rings is 5. The first-order valence-electron chi connectivity index (χ1n) is 23.9. The molecule has 11 rings (SSSR count). The predicted octanol–water partition coefficient (Wildman–Crippen LogP) is 16.2. The summed E-state index contributed by atoms with van der Waals surface area (Å²) in [6.45, 7) is 8.56. The van der Waals surface area contributed by atoms with Crippen LogP contribution in [0.1, 0.15) is 54.1 Å². The molecule has 0 radical (unpaired) electrons. The van der Waals surface area contributed by atoms with Crippen molar-refractivity contribution in [2.75, 3.05) is 0 Å². The van der Waals surface area contributed by atoms with Gasteiger partial charge >= 0.3 is 0 Å². The van der Waals surface area contributed by atoms with E-state index in [1.54, 1.807) is 0 Å². The van der Waals surface area contributed by atoms with Crippen molar-refractivity contribution in [3.05, 3.63) is 257 Å². The van der Waals surface area contributed by atoms with Crippen molar-refractivity contribution in [2.24, 2.45) is 15.0 Å². The molecule has 0 bridgehead atoms. The zero-order valence-corrected chi connectivity index (χ0v) is 40.3. The van der Waals surface area contributed by atoms with Crippen molar-refractivity contribution in [3.63, 3.8) is 0 Å². The third-order valence-corrected chi connectivity index (χ3v) is 17.1. The first-order valence-corrected chi connectivity index (χ1v) is 25.6. The van der Waals surface area contributed by atoms with Crippen LogP contribution in [0.15, 0.2) is 252 Å². The van der Waals surface area contributed by atoms with Crippen molar-refractivity contribution in [3.8, 4) is 0 Å². The maximum absolute atomic E-state index is 7.44. The van der Waals surface area contributed by atoms with Gasteiger partial charge in [0, 0.05) is 64.6 Å². The van der Waals surface area contributed by atoms with E-state index in [2.05, 4.69) is 246 Å². The molecule has 0 saturated carbocycles. The van der Waals surface area contributed by atoms with Crippen LogP contribution >= 0.6 is 10.0 Å². The molecule has 5 aromatic carbocycles. The molecular formula is C63H53N5OS. The van der Waals surface area contributed by atoms with Crippen LogP contribution in [-0.4, -0.2) is 27.8 Å². The van der Waals surface area contributed by atoms with Crippen molar-refractivity contribution in [2.45, 2.75) is 49.4 Å². The average molecular weight is 928 g/mol. The summed E-state index contributed by atoms with van der Waals surface area (Å²) in [7, 11) is -2.08. The lowest BCUT2D eigenvalue weighted by Gasteiger charge is -2.43. The Bertz CT molecular complexity index is 3650. The lowest BCUT2D eigenvalue weighted by molar-refractivity contribution is 0.594. The van der Waals surface area contributed by atoms with Crippen LogP contribution in [0.25, 0.3) is 49.8 Å². The third kappa shape index (κ3) is 7.88. The van der Waals surface area contributed by atoms with E-state index < -0.39 is 10.0 Å². The predicted molar refractivity (Wildman–Crippen MR) is 298 cm³/mol. The Balaban J connectivity index is 1.13. The van der Waals surface area contributed by atoms with Crippen molar-refractivity contribution in [1.29, 1.82) is 0 Å². The van der Waals surface area contributed by atoms with Crippen LogP contribution in [0.3, 0.4) is 0 Å². The number of allylic oxidation sites excluding steroid dienone is 14. The second kappa shape index (κ2) is 19.4. The molecule has 0 atom stereocenters. The number of aliphatic imine (C=N–C) groups is 3. The molecule has 8 aromatic rings. The Morgan fingerprint density at radius 1 is 0.700 bits per heavy atom. The van der Waals surface area contributed by atoms with Gasteiger partial charge in [-0.05, 0) is 99.7 Å². The second-order valence-electron chi connectivity index (χ2n) is 17.5. The van der Waals surface area contributed by atoms with E-state index in [1.165, 1.54) is 20.3 Å². The summed E-state index contributed by atoms with van der Waals surface area (Å²) in [5.41, 5.74) is 9.25. The smallest absolute Gasteiger partial charge is 0.237 e. The Morgan fingerprint density at radius 2 is 1.43 bits per heavy atom. The first-order chi connectivity index (χ1) is 34.6. The maximum Gasteiger partial charge on any atom is 0.237 e. The van der Waals surface area contributed by atoms with Gasteiger partial charge in [-0.1, -0.05) is 164 Å². The number of hydrogen-bond acceptors (Lipinski definition) is 2. The normalized spacial score (nSPS) is 15.5. The van der Waals surface area contributed by atoms with Gasteiger partial charge in [0.1, 0.15) is 11.3 Å². The molecule has 0 aliphatic heterocycles. The Labute approximate surface area is 411 Å². The molecule has 3 aliphatic rings. The summed E-state index contributed by atoms with van der Waals surface area (Å²) in [6, 6.07) is 47.5. The number of aromatic nitrogens is 2. The lowest BCUT2D eigenvalue weighted by Crippen LogP contribution is -2.19. The van der Waals surface area contributed by atoms with Gasteiger partial charge < -0.3 is 4.42 Å². The Hall–Kier alpha value is -8.26. The Kier molecular flexibility index (Phi) is 12.3. The van der Waals surface area contributed by atoms with Crippen LogP contribution in [-0.2, 0) is 19.4 Å². The fourth-order valence-electron chi connectivity index (χ4n) is 10.2. The molecule has 6 nitrogen and oxygen atoms in total. The van der Waals surface area contributed by atoms with Gasteiger partial charge in [0.05, 0.1) is 23.3 Å². The summed E-state index contributed by atoms with van der Waals surface area (Å²) < 4.78 is 11.7. The molecule has 0 N–H and O–H groups in total. The number of para-hydroxylation sites is 3. The monoisotopic (exact) mass is 927 g/mol. The van der Waals surface area contributed by atoms with E-state index >= 15 is 0 Å². The van der Waals surface area contributed by atoms with Gasteiger partial charge in [-0.3, -0.25) is 9.13 Å². The van der Waals surface area contributed by atoms with Crippen LogP contribution in [0.4, 0.5) is 0 Å². The highest BCUT2D eigenvalue weighted by Gasteiger charge is 2.40. The number of rotatable bonds is 8. The average Bonchev–Trinajstić information content (AvgIpc) is 3.74. The van der Waals surface area contributed by atoms with E-state index in [1.807, 2.05) is 13.0 Å². The van der Waals surface area contributed by atoms with E-state index in [9.17, 15) is 0 Å². The van der Waals surface area contributed by atoms with Crippen molar-refractivity contribution in [1.82, 2.24) is 9.13 Å². The highest BCUT2D eigenvalue weighted by molar-refractivity contribution is 8.44. The van der Waals surface area contributed by atoms with Crippen molar-refractivity contribution < 1.29 is 4.42 Å². The fourth-order valence-corrected chi connectivity index (χ4v) is 14.2. The van der Waals surface area contributed by atoms with Gasteiger partial charge in [0.15, 0.2) is 0 Å². The lowest BCUT2D eigenvalue weighted by atomic mass is 10.1. The van der Waals surface area contributed by atoms with Gasteiger partial charge in [0.2, 0.25) is 11.9 Å². The first kappa shape index (κ1) is 44.3. The molecule has 0 unspecified atom stereocenters. The van der Waals surface area contributed by atoms with Gasteiger partial charge in [-0.2, -0.15) is 4.99 Å². The number of hydrogen-bond donors (Lipinski definition) is 0. The molecule has 0 amide bonds. The maximum atomic E-state index is 7.44. The molecule has 7 heteroatoms. The fraction of sp³-hybridized carbons (Fsp3) is 0.0952. The second-order valence-corrected chi connectivity index (χ2v) is 20.6. The SMILES string of the molecule is C=N/C(=N\C(=N/Cc1cccc2c3c(oc12)C(S(C1=CC=CCC=C1)(c1ccccc1)c1ccccc1)=CC=CC3)n1c2c(c3ccccc31)C=CC=CC2)n1c(/C=C(C)\C=C/C)cc2ccccc21. The molecule has 70 heavy (non-hydrogen) atoms. The van der Waals surface area contributed by atoms with E-state index in [0.717, 1.165) is 84.4 Å². The highest BCUT2D eigenvalue weighted by Crippen LogP contribution is 2.77. The van der Waals surface area contributed by atoms with E-state index in [0.29, 0.717) is 24.9 Å². The Morgan fingerprint density at radius 3 is 2.23 bits per heavy atom. The quantitative estimate of drug-likeness (QED) is 0.0851. The summed E-state index contributed by atoms with van der Waals surface area (Å²) >= 11 is 0. The molecule has 3 aromatic heterocycles. The summed E-state index contributed by atoms with van der Waals surface area (Å²) in [4.78, 5) is 20.6. The minimum atomic E-state index is -2.08. The number of fused-ring (bicyclic) bond motifs is 7. The number of nitrogens with zero attached hydrogens (tertiary/aromatic N) is 5. The van der Waals surface area contributed by atoms with Crippen LogP contribution in [0.2, 0.25) is 0 Å². The molecular weight excluding hydrogens is 875 g/mol. The minimum absolute atomic E-state index is 0.294. The molecule has 0 spiro atoms. The zero-order chi connectivity index (χ0) is 47.4. The zero-order valence-electron chi connectivity index (χ0n) is 39.5. The number of furan rings is 1. The standard InChI is InChI=1S/C63H53N5OS/c1-4-25-45(2)42-48-43-46-26-18-21-38-56(46)67(48)62(64-3)66-63(68-57-39-17-9-16-34-52(57)53-35-19-22-40-58(53)68)65-44-47-27-24-37-54-55-36-20-23-41-59(61(55)69-60(47)54)70(50-30-12-7-13-31-50,51-32-14-8-15-33-51)49-28-10-5-6-11-29-49/h4-5,7-35,37-38,40-43H,3,6,36,39,44H2,1-2H3/b25-4-,45-42-,65-63+,66-62+. The summed E-state index contributed by atoms with van der Waals surface area (Å²) in [5.74, 6) is 1.84.